The summed E-state index contributed by atoms with van der Waals surface area (Å²) >= 11 is 7.73. The normalized spacial score (nSPS) is 19.9. The molecular formula is C12H16ClN3OS. The lowest BCUT2D eigenvalue weighted by Gasteiger charge is -2.31. The molecule has 1 unspecified atom stereocenters. The molecule has 2 rings (SSSR count). The lowest BCUT2D eigenvalue weighted by molar-refractivity contribution is 0.0754. The van der Waals surface area contributed by atoms with Crippen LogP contribution in [0.4, 0.5) is 0 Å². The highest BCUT2D eigenvalue weighted by Gasteiger charge is 2.25. The average molecular weight is 286 g/mol. The molecule has 0 saturated carbocycles. The summed E-state index contributed by atoms with van der Waals surface area (Å²) in [6.45, 7) is 5.53. The molecule has 0 radical (unpaired) electrons. The molecule has 0 spiro atoms. The number of rotatable bonds is 2. The number of amides is 1. The largest absolute Gasteiger partial charge is 0.335 e. The van der Waals surface area contributed by atoms with E-state index in [1.165, 1.54) is 0 Å². The minimum atomic E-state index is -0.0406. The van der Waals surface area contributed by atoms with Crippen LogP contribution in [-0.2, 0) is 0 Å². The molecule has 0 aromatic carbocycles. The van der Waals surface area contributed by atoms with Gasteiger partial charge in [0.2, 0.25) is 5.28 Å². The van der Waals surface area contributed by atoms with Gasteiger partial charge in [0, 0.05) is 29.8 Å². The molecule has 18 heavy (non-hydrogen) atoms. The third-order valence-corrected chi connectivity index (χ3v) is 4.47. The summed E-state index contributed by atoms with van der Waals surface area (Å²) in [5.41, 5.74) is 1.12. The lowest BCUT2D eigenvalue weighted by atomic mass is 10.2. The number of hydrogen-bond donors (Lipinski definition) is 0. The molecule has 0 N–H and O–H groups in total. The van der Waals surface area contributed by atoms with Gasteiger partial charge < -0.3 is 4.90 Å². The van der Waals surface area contributed by atoms with Gasteiger partial charge >= 0.3 is 0 Å². The molecule has 1 aliphatic heterocycles. The Bertz CT molecular complexity index is 435. The van der Waals surface area contributed by atoms with Crippen LogP contribution < -0.4 is 0 Å². The molecule has 1 atom stereocenters. The molecule has 1 amide bonds. The van der Waals surface area contributed by atoms with Crippen LogP contribution in [-0.4, -0.2) is 44.9 Å². The van der Waals surface area contributed by atoms with Crippen LogP contribution in [0.25, 0.3) is 0 Å². The van der Waals surface area contributed by atoms with Crippen molar-refractivity contribution < 1.29 is 4.79 Å². The second-order valence-corrected chi connectivity index (χ2v) is 6.06. The van der Waals surface area contributed by atoms with E-state index in [2.05, 4.69) is 16.9 Å². The summed E-state index contributed by atoms with van der Waals surface area (Å²) in [5, 5.41) is 0.665. The van der Waals surface area contributed by atoms with Crippen molar-refractivity contribution >= 4 is 29.3 Å². The van der Waals surface area contributed by atoms with Crippen LogP contribution in [0.1, 0.15) is 29.5 Å². The van der Waals surface area contributed by atoms with E-state index in [-0.39, 0.29) is 11.2 Å². The summed E-state index contributed by atoms with van der Waals surface area (Å²) < 4.78 is 0. The summed E-state index contributed by atoms with van der Waals surface area (Å²) in [7, 11) is 0. The van der Waals surface area contributed by atoms with Gasteiger partial charge in [0.25, 0.3) is 5.91 Å². The predicted octanol–water partition coefficient (Wildman–Crippen LogP) is 2.41. The van der Waals surface area contributed by atoms with Gasteiger partial charge in [-0.3, -0.25) is 4.79 Å². The van der Waals surface area contributed by atoms with E-state index in [0.29, 0.717) is 10.9 Å². The monoisotopic (exact) mass is 285 g/mol. The van der Waals surface area contributed by atoms with Crippen molar-refractivity contribution in [1.29, 1.82) is 0 Å². The van der Waals surface area contributed by atoms with E-state index in [1.807, 2.05) is 23.6 Å². The van der Waals surface area contributed by atoms with Gasteiger partial charge in [-0.15, -0.1) is 0 Å². The fraction of sp³-hybridized carbons (Fsp3) is 0.583. The van der Waals surface area contributed by atoms with Crippen molar-refractivity contribution in [2.45, 2.75) is 25.5 Å². The predicted molar refractivity (Wildman–Crippen MR) is 74.2 cm³/mol. The topological polar surface area (TPSA) is 46.1 Å². The molecule has 1 fully saturated rings. The Hall–Kier alpha value is -0.810. The highest BCUT2D eigenvalue weighted by Crippen LogP contribution is 2.22. The first-order valence-electron chi connectivity index (χ1n) is 6.02. The van der Waals surface area contributed by atoms with Crippen molar-refractivity contribution in [3.8, 4) is 0 Å². The first-order chi connectivity index (χ1) is 8.60. The Kier molecular flexibility index (Phi) is 4.45. The number of halogens is 1. The maximum absolute atomic E-state index is 12.3. The molecule has 0 bridgehead atoms. The zero-order valence-corrected chi connectivity index (χ0v) is 12.1. The molecule has 4 nitrogen and oxygen atoms in total. The molecule has 1 saturated heterocycles. The van der Waals surface area contributed by atoms with E-state index >= 15 is 0 Å². The number of hydrogen-bond acceptors (Lipinski definition) is 4. The van der Waals surface area contributed by atoms with Crippen molar-refractivity contribution in [2.24, 2.45) is 0 Å². The SMILES string of the molecule is CCC1CN(C(=O)c2cc(C)nc(Cl)n2)CCS1. The Balaban J connectivity index is 2.15. The third kappa shape index (κ3) is 3.14. The van der Waals surface area contributed by atoms with Crippen LogP contribution >= 0.6 is 23.4 Å². The van der Waals surface area contributed by atoms with Crippen LogP contribution in [0, 0.1) is 6.92 Å². The molecule has 98 valence electrons. The maximum atomic E-state index is 12.3. The highest BCUT2D eigenvalue weighted by molar-refractivity contribution is 8.00. The van der Waals surface area contributed by atoms with Crippen LogP contribution in [0.2, 0.25) is 5.28 Å². The van der Waals surface area contributed by atoms with Gasteiger partial charge in [-0.2, -0.15) is 11.8 Å². The zero-order valence-electron chi connectivity index (χ0n) is 10.5. The molecule has 0 aliphatic carbocycles. The minimum Gasteiger partial charge on any atom is -0.335 e. The molecule has 1 aromatic heterocycles. The van der Waals surface area contributed by atoms with Gasteiger partial charge in [-0.25, -0.2) is 9.97 Å². The van der Waals surface area contributed by atoms with Gasteiger partial charge in [-0.05, 0) is 31.0 Å². The van der Waals surface area contributed by atoms with E-state index in [4.69, 9.17) is 11.6 Å². The Morgan fingerprint density at radius 2 is 2.39 bits per heavy atom. The number of aryl methyl sites for hydroxylation is 1. The highest BCUT2D eigenvalue weighted by atomic mass is 35.5. The fourth-order valence-electron chi connectivity index (χ4n) is 1.95. The second-order valence-electron chi connectivity index (χ2n) is 4.32. The second kappa shape index (κ2) is 5.89. The smallest absolute Gasteiger partial charge is 0.272 e. The Labute approximate surface area is 116 Å². The minimum absolute atomic E-state index is 0.0406. The molecule has 2 heterocycles. The summed E-state index contributed by atoms with van der Waals surface area (Å²) in [6, 6.07) is 1.69. The van der Waals surface area contributed by atoms with Gasteiger partial charge in [0.1, 0.15) is 5.69 Å². The first-order valence-corrected chi connectivity index (χ1v) is 7.45. The molecule has 1 aromatic rings. The van der Waals surface area contributed by atoms with Crippen LogP contribution in [0.15, 0.2) is 6.07 Å². The van der Waals surface area contributed by atoms with E-state index in [9.17, 15) is 4.79 Å². The number of thioether (sulfide) groups is 1. The number of nitrogens with zero attached hydrogens (tertiary/aromatic N) is 3. The molecule has 1 aliphatic rings. The quantitative estimate of drug-likeness (QED) is 0.783. The first kappa shape index (κ1) is 13.6. The van der Waals surface area contributed by atoms with Crippen molar-refractivity contribution in [3.05, 3.63) is 22.7 Å². The average Bonchev–Trinajstić information content (AvgIpc) is 2.37. The van der Waals surface area contributed by atoms with Crippen molar-refractivity contribution in [3.63, 3.8) is 0 Å². The van der Waals surface area contributed by atoms with Gasteiger partial charge in [0.15, 0.2) is 0 Å². The fourth-order valence-corrected chi connectivity index (χ4v) is 3.36. The van der Waals surface area contributed by atoms with E-state index in [0.717, 1.165) is 31.0 Å². The van der Waals surface area contributed by atoms with Crippen molar-refractivity contribution in [1.82, 2.24) is 14.9 Å². The summed E-state index contributed by atoms with van der Waals surface area (Å²) in [4.78, 5) is 22.2. The molecule has 6 heteroatoms. The van der Waals surface area contributed by atoms with E-state index in [1.54, 1.807) is 6.07 Å². The number of carbonyl (C=O) groups excluding carboxylic acids is 1. The summed E-state index contributed by atoms with van der Waals surface area (Å²) in [5.74, 6) is 0.948. The Morgan fingerprint density at radius 1 is 1.61 bits per heavy atom. The molecular weight excluding hydrogens is 270 g/mol. The Morgan fingerprint density at radius 3 is 3.06 bits per heavy atom. The van der Waals surface area contributed by atoms with Crippen LogP contribution in [0.3, 0.4) is 0 Å². The maximum Gasteiger partial charge on any atom is 0.272 e. The van der Waals surface area contributed by atoms with Crippen LogP contribution in [0.5, 0.6) is 0 Å². The lowest BCUT2D eigenvalue weighted by Crippen LogP contribution is -2.42. The standard InChI is InChI=1S/C12H16ClN3OS/c1-3-9-7-16(4-5-18-9)11(17)10-6-8(2)14-12(13)15-10/h6,9H,3-5,7H2,1-2H3. The van der Waals surface area contributed by atoms with E-state index < -0.39 is 0 Å². The summed E-state index contributed by atoms with van der Waals surface area (Å²) in [6.07, 6.45) is 1.08. The van der Waals surface area contributed by atoms with Gasteiger partial charge in [-0.1, -0.05) is 6.92 Å². The van der Waals surface area contributed by atoms with Crippen molar-refractivity contribution in [2.75, 3.05) is 18.8 Å². The third-order valence-electron chi connectivity index (χ3n) is 2.93. The zero-order chi connectivity index (χ0) is 13.1. The van der Waals surface area contributed by atoms with Gasteiger partial charge in [0.05, 0.1) is 0 Å². The number of carbonyl (C=O) groups is 1. The number of aromatic nitrogens is 2.